The van der Waals surface area contributed by atoms with Gasteiger partial charge < -0.3 is 15.8 Å². The molecular formula is C15H15ClN2O2. The number of halogens is 1. The molecule has 0 saturated carbocycles. The van der Waals surface area contributed by atoms with E-state index < -0.39 is 0 Å². The standard InChI is InChI=1S/C15H15ClN2O2/c1-9-6-7-12(13(8-9)20-2)18-15(19)10-4-3-5-11(17)14(10)16/h3-8H,17H2,1-2H3,(H,18,19). The lowest BCUT2D eigenvalue weighted by atomic mass is 10.1. The Kier molecular flexibility index (Phi) is 4.15. The van der Waals surface area contributed by atoms with E-state index in [2.05, 4.69) is 5.32 Å². The first-order valence-electron chi connectivity index (χ1n) is 6.03. The summed E-state index contributed by atoms with van der Waals surface area (Å²) in [6.07, 6.45) is 0. The van der Waals surface area contributed by atoms with E-state index in [0.717, 1.165) is 5.56 Å². The lowest BCUT2D eigenvalue weighted by molar-refractivity contribution is 0.102. The minimum atomic E-state index is -0.329. The number of carbonyl (C=O) groups is 1. The third kappa shape index (κ3) is 2.86. The van der Waals surface area contributed by atoms with Crippen LogP contribution in [0.5, 0.6) is 5.75 Å². The summed E-state index contributed by atoms with van der Waals surface area (Å²) in [7, 11) is 1.55. The minimum absolute atomic E-state index is 0.246. The largest absolute Gasteiger partial charge is 0.495 e. The predicted octanol–water partition coefficient (Wildman–Crippen LogP) is 3.49. The van der Waals surface area contributed by atoms with Crippen molar-refractivity contribution in [2.24, 2.45) is 0 Å². The number of benzene rings is 2. The molecule has 2 aromatic carbocycles. The van der Waals surface area contributed by atoms with Crippen LogP contribution in [0.3, 0.4) is 0 Å². The van der Waals surface area contributed by atoms with Crippen molar-refractivity contribution in [3.8, 4) is 5.75 Å². The van der Waals surface area contributed by atoms with Gasteiger partial charge in [-0.05, 0) is 36.8 Å². The fourth-order valence-electron chi connectivity index (χ4n) is 1.82. The maximum absolute atomic E-state index is 12.2. The lowest BCUT2D eigenvalue weighted by Gasteiger charge is -2.12. The number of anilines is 2. The van der Waals surface area contributed by atoms with E-state index in [1.807, 2.05) is 19.1 Å². The first kappa shape index (κ1) is 14.2. The van der Waals surface area contributed by atoms with E-state index >= 15 is 0 Å². The van der Waals surface area contributed by atoms with Crippen LogP contribution < -0.4 is 15.8 Å². The molecule has 0 aliphatic rings. The highest BCUT2D eigenvalue weighted by atomic mass is 35.5. The van der Waals surface area contributed by atoms with E-state index in [9.17, 15) is 4.79 Å². The van der Waals surface area contributed by atoms with Gasteiger partial charge in [-0.15, -0.1) is 0 Å². The first-order chi connectivity index (χ1) is 9.52. The van der Waals surface area contributed by atoms with E-state index in [-0.39, 0.29) is 10.9 Å². The number of hydrogen-bond acceptors (Lipinski definition) is 3. The van der Waals surface area contributed by atoms with Gasteiger partial charge >= 0.3 is 0 Å². The maximum atomic E-state index is 12.2. The zero-order valence-corrected chi connectivity index (χ0v) is 12.0. The number of nitrogen functional groups attached to an aromatic ring is 1. The monoisotopic (exact) mass is 290 g/mol. The second-order valence-electron chi connectivity index (χ2n) is 4.37. The van der Waals surface area contributed by atoms with Crippen LogP contribution in [0, 0.1) is 6.92 Å². The fourth-order valence-corrected chi connectivity index (χ4v) is 2.03. The van der Waals surface area contributed by atoms with Gasteiger partial charge in [0.05, 0.1) is 29.1 Å². The molecule has 2 aromatic rings. The van der Waals surface area contributed by atoms with Gasteiger partial charge in [0.2, 0.25) is 0 Å². The molecule has 5 heteroatoms. The van der Waals surface area contributed by atoms with Gasteiger partial charge in [-0.1, -0.05) is 23.7 Å². The smallest absolute Gasteiger partial charge is 0.257 e. The number of hydrogen-bond donors (Lipinski definition) is 2. The molecule has 0 radical (unpaired) electrons. The highest BCUT2D eigenvalue weighted by Gasteiger charge is 2.14. The first-order valence-corrected chi connectivity index (χ1v) is 6.40. The Morgan fingerprint density at radius 1 is 1.30 bits per heavy atom. The van der Waals surface area contributed by atoms with Gasteiger partial charge in [-0.25, -0.2) is 0 Å². The van der Waals surface area contributed by atoms with Gasteiger partial charge in [-0.2, -0.15) is 0 Å². The number of ether oxygens (including phenoxy) is 1. The Labute approximate surface area is 122 Å². The zero-order valence-electron chi connectivity index (χ0n) is 11.2. The number of carbonyl (C=O) groups excluding carboxylic acids is 1. The maximum Gasteiger partial charge on any atom is 0.257 e. The Bertz CT molecular complexity index is 656. The second-order valence-corrected chi connectivity index (χ2v) is 4.74. The van der Waals surface area contributed by atoms with Crippen molar-refractivity contribution < 1.29 is 9.53 Å². The van der Waals surface area contributed by atoms with Gasteiger partial charge in [0, 0.05) is 0 Å². The molecule has 0 aliphatic carbocycles. The van der Waals surface area contributed by atoms with E-state index in [1.54, 1.807) is 31.4 Å². The van der Waals surface area contributed by atoms with Gasteiger partial charge in [0.15, 0.2) is 0 Å². The van der Waals surface area contributed by atoms with Crippen molar-refractivity contribution in [2.75, 3.05) is 18.2 Å². The molecule has 0 saturated heterocycles. The summed E-state index contributed by atoms with van der Waals surface area (Å²) in [5, 5.41) is 3.02. The van der Waals surface area contributed by atoms with Crippen LogP contribution in [0.15, 0.2) is 36.4 Å². The molecule has 20 heavy (non-hydrogen) atoms. The van der Waals surface area contributed by atoms with Crippen LogP contribution in [-0.4, -0.2) is 13.0 Å². The summed E-state index contributed by atoms with van der Waals surface area (Å²) in [4.78, 5) is 12.2. The molecule has 0 bridgehead atoms. The van der Waals surface area contributed by atoms with Crippen LogP contribution in [0.2, 0.25) is 5.02 Å². The molecule has 0 heterocycles. The normalized spacial score (nSPS) is 10.2. The van der Waals surface area contributed by atoms with Crippen LogP contribution in [0.1, 0.15) is 15.9 Å². The number of methoxy groups -OCH3 is 1. The molecule has 0 atom stereocenters. The van der Waals surface area contributed by atoms with Gasteiger partial charge in [0.1, 0.15) is 5.75 Å². The minimum Gasteiger partial charge on any atom is -0.495 e. The van der Waals surface area contributed by atoms with Crippen LogP contribution in [-0.2, 0) is 0 Å². The summed E-state index contributed by atoms with van der Waals surface area (Å²) >= 11 is 6.04. The van der Waals surface area contributed by atoms with Crippen LogP contribution >= 0.6 is 11.6 Å². The second kappa shape index (κ2) is 5.84. The number of aryl methyl sites for hydroxylation is 1. The summed E-state index contributed by atoms with van der Waals surface area (Å²) in [5.74, 6) is 0.267. The van der Waals surface area contributed by atoms with Crippen molar-refractivity contribution >= 4 is 28.9 Å². The SMILES string of the molecule is COc1cc(C)ccc1NC(=O)c1cccc(N)c1Cl. The number of rotatable bonds is 3. The zero-order chi connectivity index (χ0) is 14.7. The molecule has 2 rings (SSSR count). The summed E-state index contributed by atoms with van der Waals surface area (Å²) in [6, 6.07) is 10.5. The molecule has 0 spiro atoms. The molecule has 0 aliphatic heterocycles. The lowest BCUT2D eigenvalue weighted by Crippen LogP contribution is -2.13. The van der Waals surface area contributed by atoms with Gasteiger partial charge in [0.25, 0.3) is 5.91 Å². The third-order valence-corrected chi connectivity index (χ3v) is 3.30. The van der Waals surface area contributed by atoms with E-state index in [4.69, 9.17) is 22.1 Å². The van der Waals surface area contributed by atoms with Crippen molar-refractivity contribution in [3.05, 3.63) is 52.5 Å². The quantitative estimate of drug-likeness (QED) is 0.851. The molecule has 0 fully saturated rings. The number of nitrogens with two attached hydrogens (primary N) is 1. The highest BCUT2D eigenvalue weighted by Crippen LogP contribution is 2.28. The summed E-state index contributed by atoms with van der Waals surface area (Å²) in [6.45, 7) is 1.95. The Balaban J connectivity index is 2.30. The van der Waals surface area contributed by atoms with Crippen LogP contribution in [0.25, 0.3) is 0 Å². The molecular weight excluding hydrogens is 276 g/mol. The third-order valence-electron chi connectivity index (χ3n) is 2.88. The van der Waals surface area contributed by atoms with Crippen molar-refractivity contribution in [3.63, 3.8) is 0 Å². The van der Waals surface area contributed by atoms with E-state index in [0.29, 0.717) is 22.7 Å². The average molecular weight is 291 g/mol. The molecule has 0 aromatic heterocycles. The molecule has 3 N–H and O–H groups in total. The fraction of sp³-hybridized carbons (Fsp3) is 0.133. The molecule has 104 valence electrons. The topological polar surface area (TPSA) is 64.3 Å². The highest BCUT2D eigenvalue weighted by molar-refractivity contribution is 6.36. The molecule has 4 nitrogen and oxygen atoms in total. The van der Waals surface area contributed by atoms with Gasteiger partial charge in [-0.3, -0.25) is 4.79 Å². The Morgan fingerprint density at radius 3 is 2.75 bits per heavy atom. The van der Waals surface area contributed by atoms with Crippen LogP contribution in [0.4, 0.5) is 11.4 Å². The average Bonchev–Trinajstić information content (AvgIpc) is 2.43. The van der Waals surface area contributed by atoms with E-state index in [1.165, 1.54) is 0 Å². The molecule has 0 unspecified atom stereocenters. The predicted molar refractivity (Wildman–Crippen MR) is 81.5 cm³/mol. The van der Waals surface area contributed by atoms with Crippen molar-refractivity contribution in [1.82, 2.24) is 0 Å². The Hall–Kier alpha value is -2.20. The number of amides is 1. The summed E-state index contributed by atoms with van der Waals surface area (Å²) < 4.78 is 5.24. The molecule has 1 amide bonds. The summed E-state index contributed by atoms with van der Waals surface area (Å²) in [5.41, 5.74) is 8.02. The number of nitrogens with one attached hydrogen (secondary N) is 1. The van der Waals surface area contributed by atoms with Crippen molar-refractivity contribution in [2.45, 2.75) is 6.92 Å². The van der Waals surface area contributed by atoms with Crippen molar-refractivity contribution in [1.29, 1.82) is 0 Å². The Morgan fingerprint density at radius 2 is 2.05 bits per heavy atom.